The highest BCUT2D eigenvalue weighted by atomic mass is 15.1. The Morgan fingerprint density at radius 1 is 1.18 bits per heavy atom. The van der Waals surface area contributed by atoms with Gasteiger partial charge in [-0.05, 0) is 35.0 Å². The summed E-state index contributed by atoms with van der Waals surface area (Å²) in [6.45, 7) is 9.45. The molecule has 1 N–H and O–H groups in total. The Morgan fingerprint density at radius 2 is 1.55 bits per heavy atom. The molecule has 2 heteroatoms. The van der Waals surface area contributed by atoms with Crippen molar-refractivity contribution in [2.75, 3.05) is 27.7 Å². The zero-order valence-electron chi connectivity index (χ0n) is 9.15. The highest BCUT2D eigenvalue weighted by Crippen LogP contribution is 2.00. The van der Waals surface area contributed by atoms with E-state index < -0.39 is 0 Å². The molecule has 0 aliphatic rings. The fourth-order valence-corrected chi connectivity index (χ4v) is 0.870. The molecule has 0 amide bonds. The summed E-state index contributed by atoms with van der Waals surface area (Å²) in [6, 6.07) is 0. The molecule has 0 saturated heterocycles. The van der Waals surface area contributed by atoms with Gasteiger partial charge in [0.15, 0.2) is 0 Å². The summed E-state index contributed by atoms with van der Waals surface area (Å²) in [5.74, 6) is 0. The van der Waals surface area contributed by atoms with Gasteiger partial charge in [0.25, 0.3) is 0 Å². The fraction of sp³-hybridized carbons (Fsp3) is 1.00. The van der Waals surface area contributed by atoms with E-state index in [1.54, 1.807) is 0 Å². The SMILES string of the molecule is CC.CNC(C)(C)CN(C)C. The summed E-state index contributed by atoms with van der Waals surface area (Å²) in [4.78, 5) is 2.18. The summed E-state index contributed by atoms with van der Waals surface area (Å²) >= 11 is 0. The highest BCUT2D eigenvalue weighted by molar-refractivity contribution is 4.77. The second-order valence-electron chi connectivity index (χ2n) is 3.37. The van der Waals surface area contributed by atoms with E-state index in [0.717, 1.165) is 6.54 Å². The van der Waals surface area contributed by atoms with Gasteiger partial charge in [-0.3, -0.25) is 0 Å². The Kier molecular flexibility index (Phi) is 8.13. The molecule has 0 aromatic heterocycles. The van der Waals surface area contributed by atoms with Gasteiger partial charge in [-0.2, -0.15) is 0 Å². The number of nitrogens with one attached hydrogen (secondary N) is 1. The molecule has 0 rings (SSSR count). The first-order valence-corrected chi connectivity index (χ1v) is 4.31. The maximum Gasteiger partial charge on any atom is 0.0249 e. The van der Waals surface area contributed by atoms with Gasteiger partial charge < -0.3 is 10.2 Å². The third-order valence-electron chi connectivity index (χ3n) is 1.39. The average Bonchev–Trinajstić information content (AvgIpc) is 1.90. The van der Waals surface area contributed by atoms with Gasteiger partial charge in [0.1, 0.15) is 0 Å². The van der Waals surface area contributed by atoms with Crippen molar-refractivity contribution in [3.8, 4) is 0 Å². The molecule has 0 aromatic carbocycles. The maximum absolute atomic E-state index is 3.23. The van der Waals surface area contributed by atoms with E-state index in [1.807, 2.05) is 20.9 Å². The van der Waals surface area contributed by atoms with Gasteiger partial charge in [0.05, 0.1) is 0 Å². The zero-order valence-corrected chi connectivity index (χ0v) is 9.15. The molecule has 0 saturated carbocycles. The molecule has 0 atom stereocenters. The first-order valence-electron chi connectivity index (χ1n) is 4.31. The molecular weight excluding hydrogens is 136 g/mol. The van der Waals surface area contributed by atoms with Gasteiger partial charge in [0.2, 0.25) is 0 Å². The van der Waals surface area contributed by atoms with E-state index >= 15 is 0 Å². The molecule has 0 aliphatic heterocycles. The molecule has 0 unspecified atom stereocenters. The minimum atomic E-state index is 0.240. The number of nitrogens with zero attached hydrogens (tertiary/aromatic N) is 1. The second-order valence-corrected chi connectivity index (χ2v) is 3.37. The van der Waals surface area contributed by atoms with Crippen LogP contribution in [0.1, 0.15) is 27.7 Å². The van der Waals surface area contributed by atoms with Crippen LogP contribution in [-0.2, 0) is 0 Å². The van der Waals surface area contributed by atoms with Crippen molar-refractivity contribution in [2.24, 2.45) is 0 Å². The molecule has 0 fully saturated rings. The molecule has 0 radical (unpaired) electrons. The predicted octanol–water partition coefficient (Wildman–Crippen LogP) is 1.57. The number of rotatable bonds is 3. The number of hydrogen-bond donors (Lipinski definition) is 1. The summed E-state index contributed by atoms with van der Waals surface area (Å²) in [5.41, 5.74) is 0.240. The lowest BCUT2D eigenvalue weighted by Crippen LogP contribution is -2.45. The average molecular weight is 160 g/mol. The first-order chi connectivity index (χ1) is 4.98. The van der Waals surface area contributed by atoms with Crippen molar-refractivity contribution in [1.29, 1.82) is 0 Å². The number of hydrogen-bond acceptors (Lipinski definition) is 2. The Bertz CT molecular complexity index is 77.6. The van der Waals surface area contributed by atoms with E-state index in [0.29, 0.717) is 0 Å². The molecule has 0 aromatic rings. The van der Waals surface area contributed by atoms with E-state index in [9.17, 15) is 0 Å². The van der Waals surface area contributed by atoms with E-state index in [1.165, 1.54) is 0 Å². The monoisotopic (exact) mass is 160 g/mol. The van der Waals surface area contributed by atoms with Crippen molar-refractivity contribution < 1.29 is 0 Å². The van der Waals surface area contributed by atoms with Crippen LogP contribution < -0.4 is 5.32 Å². The first kappa shape index (κ1) is 13.5. The molecule has 70 valence electrons. The fourth-order valence-electron chi connectivity index (χ4n) is 0.870. The lowest BCUT2D eigenvalue weighted by molar-refractivity contribution is 0.282. The minimum absolute atomic E-state index is 0.240. The molecule has 2 nitrogen and oxygen atoms in total. The zero-order chi connectivity index (χ0) is 9.49. The quantitative estimate of drug-likeness (QED) is 0.674. The van der Waals surface area contributed by atoms with Crippen LogP contribution in [0.15, 0.2) is 0 Å². The Balaban J connectivity index is 0. The van der Waals surface area contributed by atoms with Crippen LogP contribution in [-0.4, -0.2) is 38.1 Å². The minimum Gasteiger partial charge on any atom is -0.314 e. The summed E-state index contributed by atoms with van der Waals surface area (Å²) in [5, 5.41) is 3.23. The summed E-state index contributed by atoms with van der Waals surface area (Å²) in [6.07, 6.45) is 0. The predicted molar refractivity (Wildman–Crippen MR) is 53.0 cm³/mol. The molecule has 0 bridgehead atoms. The van der Waals surface area contributed by atoms with Gasteiger partial charge in [0, 0.05) is 12.1 Å². The normalized spacial score (nSPS) is 10.9. The van der Waals surface area contributed by atoms with Gasteiger partial charge in [-0.1, -0.05) is 13.8 Å². The van der Waals surface area contributed by atoms with Crippen molar-refractivity contribution >= 4 is 0 Å². The lowest BCUT2D eigenvalue weighted by Gasteiger charge is -2.27. The van der Waals surface area contributed by atoms with Crippen LogP contribution in [0.25, 0.3) is 0 Å². The third-order valence-corrected chi connectivity index (χ3v) is 1.39. The third kappa shape index (κ3) is 9.92. The second kappa shape index (κ2) is 6.62. The van der Waals surface area contributed by atoms with Crippen molar-refractivity contribution in [2.45, 2.75) is 33.2 Å². The van der Waals surface area contributed by atoms with E-state index in [2.05, 4.69) is 38.2 Å². The van der Waals surface area contributed by atoms with Crippen LogP contribution in [0.4, 0.5) is 0 Å². The number of likely N-dealkylation sites (N-methyl/N-ethyl adjacent to an activating group) is 2. The van der Waals surface area contributed by atoms with Crippen LogP contribution in [0.5, 0.6) is 0 Å². The van der Waals surface area contributed by atoms with Gasteiger partial charge in [-0.25, -0.2) is 0 Å². The largest absolute Gasteiger partial charge is 0.314 e. The summed E-state index contributed by atoms with van der Waals surface area (Å²) in [7, 11) is 6.15. The smallest absolute Gasteiger partial charge is 0.0249 e. The molecule has 0 aliphatic carbocycles. The van der Waals surface area contributed by atoms with Crippen molar-refractivity contribution in [3.05, 3.63) is 0 Å². The van der Waals surface area contributed by atoms with Crippen LogP contribution in [0, 0.1) is 0 Å². The Morgan fingerprint density at radius 3 is 1.64 bits per heavy atom. The molecule has 0 heterocycles. The van der Waals surface area contributed by atoms with Crippen LogP contribution in [0.3, 0.4) is 0 Å². The summed E-state index contributed by atoms with van der Waals surface area (Å²) < 4.78 is 0. The molecule has 0 spiro atoms. The van der Waals surface area contributed by atoms with Gasteiger partial charge in [-0.15, -0.1) is 0 Å². The van der Waals surface area contributed by atoms with E-state index in [-0.39, 0.29) is 5.54 Å². The Labute approximate surface area is 72.0 Å². The van der Waals surface area contributed by atoms with Crippen LogP contribution in [0.2, 0.25) is 0 Å². The van der Waals surface area contributed by atoms with Gasteiger partial charge >= 0.3 is 0 Å². The Hall–Kier alpha value is -0.0800. The van der Waals surface area contributed by atoms with Crippen LogP contribution >= 0.6 is 0 Å². The van der Waals surface area contributed by atoms with E-state index in [4.69, 9.17) is 0 Å². The lowest BCUT2D eigenvalue weighted by atomic mass is 10.1. The maximum atomic E-state index is 3.23. The highest BCUT2D eigenvalue weighted by Gasteiger charge is 2.14. The standard InChI is InChI=1S/C7H18N2.C2H6/c1-7(2,8-3)6-9(4)5;1-2/h8H,6H2,1-5H3;1-2H3. The molecule has 11 heavy (non-hydrogen) atoms. The molecular formula is C9H24N2. The van der Waals surface area contributed by atoms with Crippen molar-refractivity contribution in [1.82, 2.24) is 10.2 Å². The van der Waals surface area contributed by atoms with Crippen molar-refractivity contribution in [3.63, 3.8) is 0 Å². The topological polar surface area (TPSA) is 15.3 Å².